The summed E-state index contributed by atoms with van der Waals surface area (Å²) < 4.78 is 0. The van der Waals surface area contributed by atoms with Crippen molar-refractivity contribution in [1.29, 1.82) is 0 Å². The van der Waals surface area contributed by atoms with E-state index in [2.05, 4.69) is 20.8 Å². The van der Waals surface area contributed by atoms with Gasteiger partial charge in [-0.25, -0.2) is 0 Å². The highest BCUT2D eigenvalue weighted by Crippen LogP contribution is 2.79. The second kappa shape index (κ2) is 6.67. The normalized spacial score (nSPS) is 61.1. The molecular weight excluding hydrogens is 364 g/mol. The minimum Gasteiger partial charge on any atom is -0.396 e. The number of unbranched alkanes of at least 4 members (excludes halogenated alkanes) is 1. The summed E-state index contributed by atoms with van der Waals surface area (Å²) in [5.74, 6) is 4.44. The van der Waals surface area contributed by atoms with Crippen LogP contribution in [0.2, 0.25) is 0 Å². The smallest absolute Gasteiger partial charge is 0.0759 e. The molecule has 0 amide bonds. The Kier molecular flexibility index (Phi) is 4.77. The van der Waals surface area contributed by atoms with Crippen LogP contribution < -0.4 is 0 Å². The first-order valence-corrected chi connectivity index (χ1v) is 12.4. The molecule has 12 atom stereocenters. The maximum atomic E-state index is 11.7. The molecule has 6 aliphatic carbocycles. The van der Waals surface area contributed by atoms with Crippen LogP contribution in [-0.2, 0) is 0 Å². The van der Waals surface area contributed by atoms with E-state index in [9.17, 15) is 15.3 Å². The molecule has 12 unspecified atom stereocenters. The molecule has 6 fully saturated rings. The number of hydrogen-bond donors (Lipinski definition) is 4. The number of aliphatic hydroxyl groups excluding tert-OH is 3. The Morgan fingerprint density at radius 3 is 2.34 bits per heavy atom. The van der Waals surface area contributed by atoms with Gasteiger partial charge in [0.15, 0.2) is 0 Å². The van der Waals surface area contributed by atoms with Gasteiger partial charge in [0.25, 0.3) is 0 Å². The Balaban J connectivity index is 0.000000328. The Morgan fingerprint density at radius 2 is 1.69 bits per heavy atom. The minimum absolute atomic E-state index is 0.0200. The molecule has 0 saturated heterocycles. The van der Waals surface area contributed by atoms with E-state index in [0.29, 0.717) is 42.6 Å². The average Bonchev–Trinajstić information content (AvgIpc) is 3.57. The molecule has 0 aromatic heterocycles. The van der Waals surface area contributed by atoms with Crippen molar-refractivity contribution in [3.05, 3.63) is 0 Å². The maximum absolute atomic E-state index is 11.7. The Labute approximate surface area is 176 Å². The molecule has 29 heavy (non-hydrogen) atoms. The summed E-state index contributed by atoms with van der Waals surface area (Å²) in [7, 11) is 0. The van der Waals surface area contributed by atoms with Gasteiger partial charge >= 0.3 is 0 Å². The fourth-order valence-electron chi connectivity index (χ4n) is 9.25. The van der Waals surface area contributed by atoms with Crippen molar-refractivity contribution >= 4 is 0 Å². The number of aliphatic hydroxyl groups is 4. The average molecular weight is 407 g/mol. The van der Waals surface area contributed by atoms with Gasteiger partial charge in [-0.2, -0.15) is 0 Å². The highest BCUT2D eigenvalue weighted by atomic mass is 16.3. The fraction of sp³-hybridized carbons (Fsp3) is 1.00. The second-order valence-electron chi connectivity index (χ2n) is 12.1. The summed E-state index contributed by atoms with van der Waals surface area (Å²) in [4.78, 5) is 0. The zero-order chi connectivity index (χ0) is 20.8. The van der Waals surface area contributed by atoms with Gasteiger partial charge in [-0.15, -0.1) is 0 Å². The van der Waals surface area contributed by atoms with E-state index < -0.39 is 5.60 Å². The van der Waals surface area contributed by atoms with E-state index in [1.165, 1.54) is 19.3 Å². The first-order valence-electron chi connectivity index (χ1n) is 12.4. The molecule has 6 rings (SSSR count). The topological polar surface area (TPSA) is 80.9 Å². The van der Waals surface area contributed by atoms with Crippen LogP contribution in [0.3, 0.4) is 0 Å². The first kappa shape index (κ1) is 20.7. The maximum Gasteiger partial charge on any atom is 0.0759 e. The highest BCUT2D eigenvalue weighted by molar-refractivity contribution is 5.26. The van der Waals surface area contributed by atoms with E-state index in [4.69, 9.17) is 5.11 Å². The molecule has 166 valence electrons. The van der Waals surface area contributed by atoms with Crippen LogP contribution in [0, 0.1) is 52.3 Å². The lowest BCUT2D eigenvalue weighted by Gasteiger charge is -2.64. The predicted octanol–water partition coefficient (Wildman–Crippen LogP) is 3.36. The van der Waals surface area contributed by atoms with E-state index >= 15 is 0 Å². The van der Waals surface area contributed by atoms with E-state index in [1.807, 2.05) is 0 Å². The van der Waals surface area contributed by atoms with Crippen LogP contribution >= 0.6 is 0 Å². The number of fused-ring (bicyclic) bond motifs is 10. The van der Waals surface area contributed by atoms with Crippen LogP contribution in [0.4, 0.5) is 0 Å². The van der Waals surface area contributed by atoms with E-state index in [1.54, 1.807) is 0 Å². The van der Waals surface area contributed by atoms with Crippen molar-refractivity contribution in [2.75, 3.05) is 6.61 Å². The van der Waals surface area contributed by atoms with Gasteiger partial charge in [-0.05, 0) is 97.2 Å². The van der Waals surface area contributed by atoms with Crippen LogP contribution in [0.5, 0.6) is 0 Å². The Morgan fingerprint density at radius 1 is 0.931 bits per heavy atom. The van der Waals surface area contributed by atoms with Gasteiger partial charge in [-0.1, -0.05) is 27.2 Å². The Bertz CT molecular complexity index is 651. The van der Waals surface area contributed by atoms with Gasteiger partial charge < -0.3 is 20.4 Å². The second-order valence-corrected chi connectivity index (χ2v) is 12.1. The third-order valence-corrected chi connectivity index (χ3v) is 10.9. The summed E-state index contributed by atoms with van der Waals surface area (Å²) >= 11 is 0. The number of rotatable bonds is 2. The van der Waals surface area contributed by atoms with Crippen molar-refractivity contribution in [2.45, 2.75) is 96.4 Å². The molecule has 4 N–H and O–H groups in total. The molecule has 4 nitrogen and oxygen atoms in total. The van der Waals surface area contributed by atoms with Crippen molar-refractivity contribution in [2.24, 2.45) is 52.3 Å². The predicted molar refractivity (Wildman–Crippen MR) is 112 cm³/mol. The third-order valence-electron chi connectivity index (χ3n) is 10.9. The molecule has 0 aromatic carbocycles. The van der Waals surface area contributed by atoms with Gasteiger partial charge in [0, 0.05) is 13.0 Å². The molecule has 0 aromatic rings. The lowest BCUT2D eigenvalue weighted by atomic mass is 9.43. The van der Waals surface area contributed by atoms with E-state index in [0.717, 1.165) is 43.9 Å². The quantitative estimate of drug-likeness (QED) is 0.567. The molecular formula is C25H42O4. The van der Waals surface area contributed by atoms with Gasteiger partial charge in [0.1, 0.15) is 0 Å². The van der Waals surface area contributed by atoms with Crippen molar-refractivity contribution in [3.8, 4) is 0 Å². The van der Waals surface area contributed by atoms with Crippen LogP contribution in [0.1, 0.15) is 78.6 Å². The van der Waals surface area contributed by atoms with Gasteiger partial charge in [0.2, 0.25) is 0 Å². The SMILES string of the molecule is CC12CCC3C(C4CC4C4(O)CC(O)CCC34C)C1C1CC1C2O.CCCCO. The largest absolute Gasteiger partial charge is 0.396 e. The number of hydrogen-bond acceptors (Lipinski definition) is 4. The lowest BCUT2D eigenvalue weighted by Crippen LogP contribution is -2.64. The zero-order valence-corrected chi connectivity index (χ0v) is 18.6. The standard InChI is InChI=1S/C21H32O3.C4H10O/c1-19-5-4-14-16(17(19)11-7-12(11)18(19)23)13-8-15(13)21(24)9-10(22)3-6-20(14,21)2;1-2-3-4-5/h10-18,22-24H,3-9H2,1-2H3;5H,2-4H2,1H3. The van der Waals surface area contributed by atoms with Crippen LogP contribution in [0.15, 0.2) is 0 Å². The van der Waals surface area contributed by atoms with Crippen molar-refractivity contribution in [3.63, 3.8) is 0 Å². The van der Waals surface area contributed by atoms with Crippen molar-refractivity contribution in [1.82, 2.24) is 0 Å². The summed E-state index contributed by atoms with van der Waals surface area (Å²) in [6, 6.07) is 0. The van der Waals surface area contributed by atoms with Crippen LogP contribution in [-0.4, -0.2) is 44.8 Å². The molecule has 0 aliphatic heterocycles. The minimum atomic E-state index is -0.635. The molecule has 6 aliphatic rings. The Hall–Kier alpha value is -0.160. The highest BCUT2D eigenvalue weighted by Gasteiger charge is 2.78. The van der Waals surface area contributed by atoms with Gasteiger partial charge in [-0.3, -0.25) is 0 Å². The summed E-state index contributed by atoms with van der Waals surface area (Å²) in [5.41, 5.74) is -0.514. The molecule has 0 spiro atoms. The molecule has 0 bridgehead atoms. The van der Waals surface area contributed by atoms with Crippen molar-refractivity contribution < 1.29 is 20.4 Å². The summed E-state index contributed by atoms with van der Waals surface area (Å²) in [6.07, 6.45) is 8.82. The monoisotopic (exact) mass is 406 g/mol. The molecule has 0 radical (unpaired) electrons. The lowest BCUT2D eigenvalue weighted by molar-refractivity contribution is -0.230. The third kappa shape index (κ3) is 2.64. The van der Waals surface area contributed by atoms with Crippen LogP contribution in [0.25, 0.3) is 0 Å². The fourth-order valence-corrected chi connectivity index (χ4v) is 9.25. The molecule has 6 saturated carbocycles. The van der Waals surface area contributed by atoms with Gasteiger partial charge in [0.05, 0.1) is 17.8 Å². The molecule has 4 heteroatoms. The molecule has 0 heterocycles. The first-order chi connectivity index (χ1) is 13.7. The zero-order valence-electron chi connectivity index (χ0n) is 18.6. The summed E-state index contributed by atoms with van der Waals surface area (Å²) in [6.45, 7) is 7.12. The van der Waals surface area contributed by atoms with E-state index in [-0.39, 0.29) is 23.0 Å². The summed E-state index contributed by atoms with van der Waals surface area (Å²) in [5, 5.41) is 40.9.